The molecular weight excluding hydrogens is 797 g/mol. The summed E-state index contributed by atoms with van der Waals surface area (Å²) in [7, 11) is 1.73. The lowest BCUT2D eigenvalue weighted by molar-refractivity contribution is 0.420. The van der Waals surface area contributed by atoms with E-state index in [0.717, 1.165) is 33.0 Å². The van der Waals surface area contributed by atoms with Crippen LogP contribution in [0.25, 0.3) is 88.3 Å². The molecule has 0 radical (unpaired) electrons. The fraction of sp³-hybridized carbons (Fsp3) is 0.0175. The van der Waals surface area contributed by atoms with Crippen molar-refractivity contribution in [2.75, 3.05) is 7.11 Å². The van der Waals surface area contributed by atoms with E-state index >= 15 is 0 Å². The van der Waals surface area contributed by atoms with Crippen LogP contribution < -0.4 is 4.74 Å². The number of halogens is 1. The molecule has 10 aromatic rings. The Morgan fingerprint density at radius 3 is 0.967 bits per heavy atom. The van der Waals surface area contributed by atoms with E-state index in [1.54, 1.807) is 13.2 Å². The Morgan fingerprint density at radius 1 is 0.283 bits per heavy atom. The van der Waals surface area contributed by atoms with E-state index in [0.29, 0.717) is 5.75 Å². The standard InChI is InChI=1S/C29H22O.C28H20O.BrH/c1-30-29-17-16-26(27-14-8-9-15-28(27)29)25-19-23(21-10-4-2-5-11-21)18-24(20-25)22-12-6-3-7-13-22;29-28-16-15-25(26-13-7-8-14-27(26)28)24-18-22(20-9-3-1-4-10-20)17-23(19-24)21-11-5-2-6-12-21;/h2-20H,1H3;1-19,29H;1H. The molecule has 0 spiro atoms. The number of fused-ring (bicyclic) bond motifs is 2. The summed E-state index contributed by atoms with van der Waals surface area (Å²) in [5.41, 5.74) is 14.3. The van der Waals surface area contributed by atoms with Crippen LogP contribution in [-0.2, 0) is 0 Å². The van der Waals surface area contributed by atoms with Crippen molar-refractivity contribution < 1.29 is 9.84 Å². The maximum Gasteiger partial charge on any atom is 0.126 e. The summed E-state index contributed by atoms with van der Waals surface area (Å²) < 4.78 is 5.60. The summed E-state index contributed by atoms with van der Waals surface area (Å²) >= 11 is 0. The Hall–Kier alpha value is -7.20. The molecule has 0 aromatic heterocycles. The predicted octanol–water partition coefficient (Wildman–Crippen LogP) is 16.0. The van der Waals surface area contributed by atoms with Crippen LogP contribution in [0.15, 0.2) is 231 Å². The van der Waals surface area contributed by atoms with Crippen LogP contribution >= 0.6 is 17.0 Å². The van der Waals surface area contributed by atoms with Gasteiger partial charge in [0.25, 0.3) is 0 Å². The molecule has 0 heterocycles. The Morgan fingerprint density at radius 2 is 0.583 bits per heavy atom. The van der Waals surface area contributed by atoms with Crippen LogP contribution in [0.3, 0.4) is 0 Å². The fourth-order valence-corrected chi connectivity index (χ4v) is 7.99. The molecule has 0 unspecified atom stereocenters. The molecule has 3 heteroatoms. The van der Waals surface area contributed by atoms with Crippen LogP contribution in [0.4, 0.5) is 0 Å². The molecule has 1 N–H and O–H groups in total. The second kappa shape index (κ2) is 18.2. The topological polar surface area (TPSA) is 29.5 Å². The first-order chi connectivity index (χ1) is 29.1. The minimum absolute atomic E-state index is 0. The minimum atomic E-state index is 0. The summed E-state index contributed by atoms with van der Waals surface area (Å²) in [6, 6.07) is 80.1. The molecule has 0 amide bonds. The molecule has 10 aromatic carbocycles. The van der Waals surface area contributed by atoms with E-state index in [2.05, 4.69) is 188 Å². The normalized spacial score (nSPS) is 10.7. The molecule has 0 aliphatic rings. The zero-order chi connectivity index (χ0) is 40.0. The van der Waals surface area contributed by atoms with E-state index in [1.807, 2.05) is 36.4 Å². The zero-order valence-corrected chi connectivity index (χ0v) is 34.9. The van der Waals surface area contributed by atoms with Crippen LogP contribution in [0.1, 0.15) is 0 Å². The van der Waals surface area contributed by atoms with Crippen LogP contribution in [-0.4, -0.2) is 12.2 Å². The maximum atomic E-state index is 10.3. The van der Waals surface area contributed by atoms with Gasteiger partial charge in [0.15, 0.2) is 0 Å². The first-order valence-corrected chi connectivity index (χ1v) is 19.9. The third-order valence-corrected chi connectivity index (χ3v) is 10.9. The second-order valence-corrected chi connectivity index (χ2v) is 14.6. The van der Waals surface area contributed by atoms with Crippen molar-refractivity contribution in [3.63, 3.8) is 0 Å². The van der Waals surface area contributed by atoms with Gasteiger partial charge in [-0.15, -0.1) is 17.0 Å². The van der Waals surface area contributed by atoms with E-state index in [1.165, 1.54) is 61.0 Å². The van der Waals surface area contributed by atoms with Gasteiger partial charge in [0.1, 0.15) is 11.5 Å². The largest absolute Gasteiger partial charge is 0.507 e. The van der Waals surface area contributed by atoms with Crippen molar-refractivity contribution in [3.05, 3.63) is 231 Å². The molecule has 0 atom stereocenters. The third-order valence-electron chi connectivity index (χ3n) is 10.9. The number of rotatable bonds is 7. The molecule has 0 fully saturated rings. The van der Waals surface area contributed by atoms with Crippen molar-refractivity contribution >= 4 is 38.5 Å². The molecule has 2 nitrogen and oxygen atoms in total. The van der Waals surface area contributed by atoms with Crippen molar-refractivity contribution in [3.8, 4) is 78.3 Å². The van der Waals surface area contributed by atoms with E-state index in [-0.39, 0.29) is 17.0 Å². The number of hydrogen-bond acceptors (Lipinski definition) is 2. The highest BCUT2D eigenvalue weighted by molar-refractivity contribution is 8.93. The van der Waals surface area contributed by atoms with Crippen LogP contribution in [0.5, 0.6) is 11.5 Å². The summed E-state index contributed by atoms with van der Waals surface area (Å²) in [6.07, 6.45) is 0. The Bertz CT molecular complexity index is 2900. The highest BCUT2D eigenvalue weighted by Crippen LogP contribution is 2.40. The third kappa shape index (κ3) is 8.35. The lowest BCUT2D eigenvalue weighted by Crippen LogP contribution is -1.89. The summed E-state index contributed by atoms with van der Waals surface area (Å²) in [4.78, 5) is 0. The van der Waals surface area contributed by atoms with E-state index in [4.69, 9.17) is 4.74 Å². The number of benzene rings is 10. The highest BCUT2D eigenvalue weighted by Gasteiger charge is 2.13. The molecule has 0 aliphatic carbocycles. The first kappa shape index (κ1) is 39.6. The maximum absolute atomic E-state index is 10.3. The van der Waals surface area contributed by atoms with Gasteiger partial charge in [-0.2, -0.15) is 0 Å². The van der Waals surface area contributed by atoms with Crippen molar-refractivity contribution in [2.24, 2.45) is 0 Å². The predicted molar refractivity (Wildman–Crippen MR) is 259 cm³/mol. The number of hydrogen-bond donors (Lipinski definition) is 1. The number of phenolic OH excluding ortho intramolecular Hbond substituents is 1. The lowest BCUT2D eigenvalue weighted by Gasteiger charge is -2.14. The van der Waals surface area contributed by atoms with Gasteiger partial charge >= 0.3 is 0 Å². The van der Waals surface area contributed by atoms with Gasteiger partial charge in [0.05, 0.1) is 7.11 Å². The van der Waals surface area contributed by atoms with Gasteiger partial charge in [-0.1, -0.05) is 182 Å². The molecule has 0 bridgehead atoms. The van der Waals surface area contributed by atoms with Gasteiger partial charge in [-0.05, 0) is 126 Å². The SMILES string of the molecule is Br.COc1ccc(-c2cc(-c3ccccc3)cc(-c3ccccc3)c2)c2ccccc12.Oc1ccc(-c2cc(-c3ccccc3)cc(-c3ccccc3)c2)c2ccccc12. The van der Waals surface area contributed by atoms with Crippen molar-refractivity contribution in [2.45, 2.75) is 0 Å². The summed E-state index contributed by atoms with van der Waals surface area (Å²) in [6.45, 7) is 0. The monoisotopic (exact) mass is 838 g/mol. The molecular formula is C57H43BrO2. The van der Waals surface area contributed by atoms with Gasteiger partial charge in [0, 0.05) is 10.8 Å². The summed E-state index contributed by atoms with van der Waals surface area (Å²) in [5, 5.41) is 14.6. The second-order valence-electron chi connectivity index (χ2n) is 14.6. The highest BCUT2D eigenvalue weighted by atomic mass is 79.9. The number of ether oxygens (including phenoxy) is 1. The molecule has 60 heavy (non-hydrogen) atoms. The summed E-state index contributed by atoms with van der Waals surface area (Å²) in [5.74, 6) is 1.21. The van der Waals surface area contributed by atoms with Gasteiger partial charge in [0.2, 0.25) is 0 Å². The molecule has 0 saturated carbocycles. The van der Waals surface area contributed by atoms with Crippen LogP contribution in [0, 0.1) is 0 Å². The number of aromatic hydroxyl groups is 1. The molecule has 0 saturated heterocycles. The first-order valence-electron chi connectivity index (χ1n) is 19.9. The fourth-order valence-electron chi connectivity index (χ4n) is 7.99. The van der Waals surface area contributed by atoms with Gasteiger partial charge in [-0.25, -0.2) is 0 Å². The molecule has 290 valence electrons. The van der Waals surface area contributed by atoms with Crippen LogP contribution in [0.2, 0.25) is 0 Å². The lowest BCUT2D eigenvalue weighted by atomic mass is 9.91. The number of methoxy groups -OCH3 is 1. The van der Waals surface area contributed by atoms with Gasteiger partial charge < -0.3 is 9.84 Å². The molecule has 0 aliphatic heterocycles. The Kier molecular flexibility index (Phi) is 12.0. The van der Waals surface area contributed by atoms with Gasteiger partial charge in [-0.3, -0.25) is 0 Å². The smallest absolute Gasteiger partial charge is 0.126 e. The quantitative estimate of drug-likeness (QED) is 0.173. The Labute approximate surface area is 362 Å². The van der Waals surface area contributed by atoms with E-state index < -0.39 is 0 Å². The number of phenols is 1. The average Bonchev–Trinajstić information content (AvgIpc) is 3.32. The van der Waals surface area contributed by atoms with E-state index in [9.17, 15) is 5.11 Å². The minimum Gasteiger partial charge on any atom is -0.507 e. The Balaban J connectivity index is 0.000000164. The van der Waals surface area contributed by atoms with Crippen molar-refractivity contribution in [1.29, 1.82) is 0 Å². The average molecular weight is 840 g/mol. The zero-order valence-electron chi connectivity index (χ0n) is 33.2. The molecule has 10 rings (SSSR count). The van der Waals surface area contributed by atoms with Crippen molar-refractivity contribution in [1.82, 2.24) is 0 Å².